The minimum absolute atomic E-state index is 0.0316. The molecule has 0 saturated carbocycles. The molecule has 2 aromatic rings. The van der Waals surface area contributed by atoms with Crippen LogP contribution in [-0.2, 0) is 14.2 Å². The molecule has 3 rings (SSSR count). The maximum absolute atomic E-state index is 12.5. The number of esters is 2. The maximum Gasteiger partial charge on any atom is 0.338 e. The van der Waals surface area contributed by atoms with Gasteiger partial charge < -0.3 is 19.3 Å². The van der Waals surface area contributed by atoms with Crippen LogP contribution in [0, 0.1) is 0 Å². The highest BCUT2D eigenvalue weighted by molar-refractivity contribution is 8.00. The first-order chi connectivity index (χ1) is 14.1. The summed E-state index contributed by atoms with van der Waals surface area (Å²) in [5, 5.41) is 9.92. The molecule has 1 unspecified atom stereocenters. The summed E-state index contributed by atoms with van der Waals surface area (Å²) in [5.41, 5.74) is -0.112. The van der Waals surface area contributed by atoms with Crippen molar-refractivity contribution in [2.75, 3.05) is 13.2 Å². The lowest BCUT2D eigenvalue weighted by molar-refractivity contribution is -0.0685. The molecule has 0 aromatic heterocycles. The van der Waals surface area contributed by atoms with Crippen LogP contribution < -0.4 is 0 Å². The quantitative estimate of drug-likeness (QED) is 0.525. The molecule has 152 valence electrons. The largest absolute Gasteiger partial charge is 0.461 e. The van der Waals surface area contributed by atoms with Gasteiger partial charge in [-0.05, 0) is 24.3 Å². The van der Waals surface area contributed by atoms with Crippen molar-refractivity contribution < 1.29 is 28.9 Å². The third-order valence-electron chi connectivity index (χ3n) is 4.33. The van der Waals surface area contributed by atoms with Crippen LogP contribution in [0.2, 0.25) is 0 Å². The summed E-state index contributed by atoms with van der Waals surface area (Å²) in [7, 11) is 0. The Balaban J connectivity index is 1.70. The van der Waals surface area contributed by atoms with E-state index in [2.05, 4.69) is 6.58 Å². The molecule has 1 saturated heterocycles. The Bertz CT molecular complexity index is 826. The highest BCUT2D eigenvalue weighted by Crippen LogP contribution is 2.37. The van der Waals surface area contributed by atoms with Gasteiger partial charge >= 0.3 is 11.9 Å². The van der Waals surface area contributed by atoms with Crippen LogP contribution in [0.4, 0.5) is 0 Å². The lowest BCUT2D eigenvalue weighted by Crippen LogP contribution is -2.40. The minimum atomic E-state index is -0.927. The van der Waals surface area contributed by atoms with Gasteiger partial charge in [0.05, 0.1) is 23.0 Å². The normalized spacial score (nSPS) is 23.3. The standard InChI is InChI=1S/C22H22O6S/c1-2-13-26-19-18(28-21(24)16-11-7-4-8-12-16)17(29-22(19)25)14-27-20(23)15-9-5-3-6-10-15/h2-12,17-19,22,25H,1,13-14H2/t17-,18-,19-,22?/m0/s1. The summed E-state index contributed by atoms with van der Waals surface area (Å²) in [6.07, 6.45) is 0.00766. The van der Waals surface area contributed by atoms with Crippen LogP contribution in [0.3, 0.4) is 0 Å². The van der Waals surface area contributed by atoms with Crippen LogP contribution in [0.25, 0.3) is 0 Å². The third-order valence-corrected chi connectivity index (χ3v) is 5.63. The number of aliphatic hydroxyl groups excluding tert-OH is 1. The SMILES string of the molecule is C=CCO[C@@H]1C(O)S[C@@H](COC(=O)c2ccccc2)[C@@H]1OC(=O)c1ccccc1. The smallest absolute Gasteiger partial charge is 0.338 e. The Hall–Kier alpha value is -2.61. The van der Waals surface area contributed by atoms with Crippen molar-refractivity contribution in [2.24, 2.45) is 0 Å². The third kappa shape index (κ3) is 5.47. The van der Waals surface area contributed by atoms with Gasteiger partial charge in [-0.2, -0.15) is 0 Å². The van der Waals surface area contributed by atoms with E-state index in [9.17, 15) is 14.7 Å². The molecule has 1 aliphatic rings. The van der Waals surface area contributed by atoms with Crippen molar-refractivity contribution in [3.63, 3.8) is 0 Å². The Labute approximate surface area is 173 Å². The van der Waals surface area contributed by atoms with E-state index in [0.717, 1.165) is 11.8 Å². The van der Waals surface area contributed by atoms with Crippen LogP contribution in [0.15, 0.2) is 73.3 Å². The van der Waals surface area contributed by atoms with Gasteiger partial charge in [0.2, 0.25) is 0 Å². The van der Waals surface area contributed by atoms with Gasteiger partial charge in [-0.25, -0.2) is 9.59 Å². The molecule has 0 radical (unpaired) electrons. The number of hydrogen-bond acceptors (Lipinski definition) is 7. The van der Waals surface area contributed by atoms with Crippen LogP contribution in [0.1, 0.15) is 20.7 Å². The van der Waals surface area contributed by atoms with E-state index in [1.165, 1.54) is 0 Å². The molecule has 1 heterocycles. The zero-order valence-corrected chi connectivity index (χ0v) is 16.5. The van der Waals surface area contributed by atoms with Gasteiger partial charge in [0.25, 0.3) is 0 Å². The number of aliphatic hydroxyl groups is 1. The van der Waals surface area contributed by atoms with E-state index < -0.39 is 34.8 Å². The average Bonchev–Trinajstić information content (AvgIpc) is 3.05. The molecule has 6 nitrogen and oxygen atoms in total. The number of rotatable bonds is 8. The van der Waals surface area contributed by atoms with Gasteiger partial charge in [-0.1, -0.05) is 42.5 Å². The monoisotopic (exact) mass is 414 g/mol. The molecule has 0 amide bonds. The summed E-state index contributed by atoms with van der Waals surface area (Å²) in [4.78, 5) is 24.8. The first-order valence-corrected chi connectivity index (χ1v) is 10.1. The summed E-state index contributed by atoms with van der Waals surface area (Å²) >= 11 is 1.15. The number of benzene rings is 2. The van der Waals surface area contributed by atoms with E-state index in [4.69, 9.17) is 14.2 Å². The lowest BCUT2D eigenvalue weighted by atomic mass is 10.1. The van der Waals surface area contributed by atoms with E-state index >= 15 is 0 Å². The Kier molecular flexibility index (Phi) is 7.46. The van der Waals surface area contributed by atoms with Crippen molar-refractivity contribution in [2.45, 2.75) is 22.9 Å². The highest BCUT2D eigenvalue weighted by atomic mass is 32.2. The zero-order valence-electron chi connectivity index (χ0n) is 15.7. The fourth-order valence-corrected chi connectivity index (χ4v) is 4.18. The van der Waals surface area contributed by atoms with Crippen molar-refractivity contribution in [3.05, 3.63) is 84.4 Å². The van der Waals surface area contributed by atoms with Gasteiger partial charge in [-0.3, -0.25) is 0 Å². The number of hydrogen-bond donors (Lipinski definition) is 1. The van der Waals surface area contributed by atoms with E-state index in [1.807, 2.05) is 0 Å². The predicted octanol–water partition coefficient (Wildman–Crippen LogP) is 3.07. The van der Waals surface area contributed by atoms with E-state index in [0.29, 0.717) is 11.1 Å². The molecule has 1 aliphatic heterocycles. The Morgan fingerprint density at radius 1 is 0.966 bits per heavy atom. The second-order valence-electron chi connectivity index (χ2n) is 6.35. The topological polar surface area (TPSA) is 82.1 Å². The molecule has 0 aliphatic carbocycles. The molecular formula is C22H22O6S. The molecule has 7 heteroatoms. The summed E-state index contributed by atoms with van der Waals surface area (Å²) in [5.74, 6) is -1.01. The molecule has 0 bridgehead atoms. The zero-order chi connectivity index (χ0) is 20.6. The van der Waals surface area contributed by atoms with Gasteiger partial charge in [0.15, 0.2) is 0 Å². The molecule has 1 N–H and O–H groups in total. The summed E-state index contributed by atoms with van der Waals surface area (Å²) < 4.78 is 16.7. The minimum Gasteiger partial charge on any atom is -0.461 e. The first kappa shape index (κ1) is 21.1. The predicted molar refractivity (Wildman–Crippen MR) is 110 cm³/mol. The van der Waals surface area contributed by atoms with Crippen LogP contribution in [-0.4, -0.2) is 53.2 Å². The average molecular weight is 414 g/mol. The summed E-state index contributed by atoms with van der Waals surface area (Å²) in [6, 6.07) is 17.2. The summed E-state index contributed by atoms with van der Waals surface area (Å²) in [6.45, 7) is 3.76. The number of ether oxygens (including phenoxy) is 3. The molecule has 0 spiro atoms. The highest BCUT2D eigenvalue weighted by Gasteiger charge is 2.47. The van der Waals surface area contributed by atoms with Gasteiger partial charge in [-0.15, -0.1) is 18.3 Å². The first-order valence-electron chi connectivity index (χ1n) is 9.14. The second-order valence-corrected chi connectivity index (χ2v) is 7.71. The fourth-order valence-electron chi connectivity index (χ4n) is 2.92. The van der Waals surface area contributed by atoms with Gasteiger partial charge in [0.1, 0.15) is 24.3 Å². The molecule has 2 aromatic carbocycles. The van der Waals surface area contributed by atoms with E-state index in [-0.39, 0.29) is 13.2 Å². The molecular weight excluding hydrogens is 392 g/mol. The number of thioether (sulfide) groups is 1. The second kappa shape index (κ2) is 10.2. The number of carbonyl (C=O) groups is 2. The Morgan fingerprint density at radius 3 is 2.14 bits per heavy atom. The number of carbonyl (C=O) groups excluding carboxylic acids is 2. The van der Waals surface area contributed by atoms with Crippen LogP contribution in [0.5, 0.6) is 0 Å². The molecule has 4 atom stereocenters. The Morgan fingerprint density at radius 2 is 1.55 bits per heavy atom. The van der Waals surface area contributed by atoms with Gasteiger partial charge in [0, 0.05) is 0 Å². The maximum atomic E-state index is 12.5. The van der Waals surface area contributed by atoms with Crippen molar-refractivity contribution in [3.8, 4) is 0 Å². The van der Waals surface area contributed by atoms with Crippen molar-refractivity contribution in [1.82, 2.24) is 0 Å². The van der Waals surface area contributed by atoms with Crippen molar-refractivity contribution >= 4 is 23.7 Å². The molecule has 29 heavy (non-hydrogen) atoms. The van der Waals surface area contributed by atoms with Crippen LogP contribution >= 0.6 is 11.8 Å². The fraction of sp³-hybridized carbons (Fsp3) is 0.273. The molecule has 1 fully saturated rings. The van der Waals surface area contributed by atoms with E-state index in [1.54, 1.807) is 66.7 Å². The lowest BCUT2D eigenvalue weighted by Gasteiger charge is -2.24. The van der Waals surface area contributed by atoms with Crippen molar-refractivity contribution in [1.29, 1.82) is 0 Å².